The molecule has 6 nitrogen and oxygen atoms in total. The number of nitrogens with zero attached hydrogens (tertiary/aromatic N) is 2. The molecule has 1 saturated heterocycles. The number of aromatic hydroxyl groups is 1. The van der Waals surface area contributed by atoms with E-state index in [-0.39, 0.29) is 11.7 Å². The maximum atomic E-state index is 12.5. The van der Waals surface area contributed by atoms with E-state index in [9.17, 15) is 14.7 Å². The standard InChI is InChI=1S/C19H15BrN2O4S/c1-22-17(24)16(10-12-9-13(20)5-8-15(12)23)27-19(22)21-14-6-3-11(4-7-14)18(25)26-2/h3-10,23H,1-2H3/b16-10+,21-19?. The van der Waals surface area contributed by atoms with E-state index in [1.807, 2.05) is 0 Å². The van der Waals surface area contributed by atoms with Crippen molar-refractivity contribution < 1.29 is 19.4 Å². The van der Waals surface area contributed by atoms with E-state index in [4.69, 9.17) is 0 Å². The molecule has 1 N–H and O–H groups in total. The molecule has 27 heavy (non-hydrogen) atoms. The van der Waals surface area contributed by atoms with Crippen LogP contribution < -0.4 is 0 Å². The van der Waals surface area contributed by atoms with E-state index >= 15 is 0 Å². The molecule has 0 spiro atoms. The maximum absolute atomic E-state index is 12.5. The summed E-state index contributed by atoms with van der Waals surface area (Å²) in [6, 6.07) is 11.6. The molecule has 0 aromatic heterocycles. The van der Waals surface area contributed by atoms with Crippen molar-refractivity contribution in [2.24, 2.45) is 4.99 Å². The van der Waals surface area contributed by atoms with Crippen LogP contribution in [0.1, 0.15) is 15.9 Å². The first kappa shape index (κ1) is 19.2. The van der Waals surface area contributed by atoms with Crippen LogP contribution >= 0.6 is 27.7 Å². The normalized spacial score (nSPS) is 17.0. The molecular formula is C19H15BrN2O4S. The molecule has 0 radical (unpaired) electrons. The molecule has 2 aromatic carbocycles. The van der Waals surface area contributed by atoms with Crippen molar-refractivity contribution in [1.82, 2.24) is 4.90 Å². The first-order chi connectivity index (χ1) is 12.9. The van der Waals surface area contributed by atoms with E-state index in [0.717, 1.165) is 4.47 Å². The molecule has 0 saturated carbocycles. The lowest BCUT2D eigenvalue weighted by Crippen LogP contribution is -2.23. The lowest BCUT2D eigenvalue weighted by molar-refractivity contribution is -0.121. The number of aliphatic imine (C=N–C) groups is 1. The van der Waals surface area contributed by atoms with E-state index in [0.29, 0.717) is 26.9 Å². The number of benzene rings is 2. The van der Waals surface area contributed by atoms with Crippen molar-refractivity contribution in [1.29, 1.82) is 0 Å². The highest BCUT2D eigenvalue weighted by atomic mass is 79.9. The van der Waals surface area contributed by atoms with E-state index in [1.165, 1.54) is 23.8 Å². The maximum Gasteiger partial charge on any atom is 0.337 e. The van der Waals surface area contributed by atoms with Crippen molar-refractivity contribution in [3.63, 3.8) is 0 Å². The zero-order valence-electron chi connectivity index (χ0n) is 14.5. The van der Waals surface area contributed by atoms with Crippen molar-refractivity contribution >= 4 is 56.5 Å². The highest BCUT2D eigenvalue weighted by molar-refractivity contribution is 9.10. The van der Waals surface area contributed by atoms with Gasteiger partial charge in [-0.1, -0.05) is 15.9 Å². The average molecular weight is 447 g/mol. The van der Waals surface area contributed by atoms with Gasteiger partial charge in [-0.05, 0) is 60.3 Å². The number of thioether (sulfide) groups is 1. The molecule has 0 bridgehead atoms. The number of phenols is 1. The summed E-state index contributed by atoms with van der Waals surface area (Å²) in [4.78, 5) is 30.3. The number of hydrogen-bond donors (Lipinski definition) is 1. The van der Waals surface area contributed by atoms with Crippen molar-refractivity contribution in [3.05, 3.63) is 63.0 Å². The fourth-order valence-corrected chi connectivity index (χ4v) is 3.69. The number of likely N-dealkylation sites (N-methyl/N-ethyl adjacent to an activating group) is 1. The molecule has 8 heteroatoms. The highest BCUT2D eigenvalue weighted by Gasteiger charge is 2.30. The summed E-state index contributed by atoms with van der Waals surface area (Å²) >= 11 is 4.57. The molecule has 1 amide bonds. The Morgan fingerprint density at radius 3 is 2.63 bits per heavy atom. The highest BCUT2D eigenvalue weighted by Crippen LogP contribution is 2.35. The van der Waals surface area contributed by atoms with Gasteiger partial charge in [0.25, 0.3) is 5.91 Å². The first-order valence-corrected chi connectivity index (χ1v) is 9.43. The molecular weight excluding hydrogens is 432 g/mol. The molecule has 1 heterocycles. The van der Waals surface area contributed by atoms with Gasteiger partial charge >= 0.3 is 5.97 Å². The van der Waals surface area contributed by atoms with Crippen LogP contribution in [0, 0.1) is 0 Å². The number of ether oxygens (including phenoxy) is 1. The van der Waals surface area contributed by atoms with Gasteiger partial charge in [0, 0.05) is 17.1 Å². The number of amidine groups is 1. The Kier molecular flexibility index (Phi) is 5.67. The summed E-state index contributed by atoms with van der Waals surface area (Å²) in [7, 11) is 2.96. The van der Waals surface area contributed by atoms with Crippen molar-refractivity contribution in [2.45, 2.75) is 0 Å². The summed E-state index contributed by atoms with van der Waals surface area (Å²) in [6.45, 7) is 0. The van der Waals surface area contributed by atoms with Gasteiger partial charge in [-0.25, -0.2) is 9.79 Å². The SMILES string of the molecule is COC(=O)c1ccc(N=C2S/C(=C/c3cc(Br)ccc3O)C(=O)N2C)cc1. The number of hydrogen-bond acceptors (Lipinski definition) is 6. The second kappa shape index (κ2) is 7.98. The van der Waals surface area contributed by atoms with Crippen LogP contribution in [0.15, 0.2) is 56.8 Å². The molecule has 0 unspecified atom stereocenters. The molecule has 1 aliphatic heterocycles. The molecule has 3 rings (SSSR count). The van der Waals surface area contributed by atoms with Gasteiger partial charge in [-0.3, -0.25) is 9.69 Å². The predicted octanol–water partition coefficient (Wildman–Crippen LogP) is 4.18. The van der Waals surface area contributed by atoms with Gasteiger partial charge in [0.05, 0.1) is 23.3 Å². The van der Waals surface area contributed by atoms with Crippen molar-refractivity contribution in [3.8, 4) is 5.75 Å². The molecule has 0 atom stereocenters. The Hall–Kier alpha value is -2.58. The number of halogens is 1. The molecule has 1 fully saturated rings. The fourth-order valence-electron chi connectivity index (χ4n) is 2.33. The monoisotopic (exact) mass is 446 g/mol. The van der Waals surface area contributed by atoms with E-state index < -0.39 is 5.97 Å². The second-order valence-electron chi connectivity index (χ2n) is 5.61. The topological polar surface area (TPSA) is 79.2 Å². The lowest BCUT2D eigenvalue weighted by Gasteiger charge is -2.07. The Bertz CT molecular complexity index is 970. The first-order valence-electron chi connectivity index (χ1n) is 7.82. The fraction of sp³-hybridized carbons (Fsp3) is 0.105. The van der Waals surface area contributed by atoms with Gasteiger partial charge in [-0.2, -0.15) is 0 Å². The van der Waals surface area contributed by atoms with Crippen LogP contribution in [0.4, 0.5) is 5.69 Å². The van der Waals surface area contributed by atoms with E-state index in [1.54, 1.807) is 55.6 Å². The van der Waals surface area contributed by atoms with Gasteiger partial charge in [0.15, 0.2) is 5.17 Å². The number of amides is 1. The molecule has 1 aliphatic rings. The lowest BCUT2D eigenvalue weighted by atomic mass is 10.2. The van der Waals surface area contributed by atoms with Gasteiger partial charge in [-0.15, -0.1) is 0 Å². The largest absolute Gasteiger partial charge is 0.507 e. The van der Waals surface area contributed by atoms with Gasteiger partial charge < -0.3 is 9.84 Å². The summed E-state index contributed by atoms with van der Waals surface area (Å²) in [5.41, 5.74) is 1.57. The minimum atomic E-state index is -0.421. The Morgan fingerprint density at radius 1 is 1.26 bits per heavy atom. The number of carbonyl (C=O) groups is 2. The zero-order chi connectivity index (χ0) is 19.6. The zero-order valence-corrected chi connectivity index (χ0v) is 16.9. The van der Waals surface area contributed by atoms with Crippen LogP contribution in [0.2, 0.25) is 0 Å². The van der Waals surface area contributed by atoms with Crippen molar-refractivity contribution in [2.75, 3.05) is 14.2 Å². The third-order valence-electron chi connectivity index (χ3n) is 3.79. The summed E-state index contributed by atoms with van der Waals surface area (Å²) in [5.74, 6) is -0.536. The summed E-state index contributed by atoms with van der Waals surface area (Å²) in [6.07, 6.45) is 1.63. The second-order valence-corrected chi connectivity index (χ2v) is 7.54. The Balaban J connectivity index is 1.87. The minimum absolute atomic E-state index is 0.0885. The minimum Gasteiger partial charge on any atom is -0.507 e. The van der Waals surface area contributed by atoms with Gasteiger partial charge in [0.1, 0.15) is 5.75 Å². The van der Waals surface area contributed by atoms with Crippen LogP contribution in [0.5, 0.6) is 5.75 Å². The number of methoxy groups -OCH3 is 1. The molecule has 2 aromatic rings. The van der Waals surface area contributed by atoms with Crippen LogP contribution in [0.3, 0.4) is 0 Å². The third-order valence-corrected chi connectivity index (χ3v) is 5.35. The predicted molar refractivity (Wildman–Crippen MR) is 109 cm³/mol. The Labute approximate surface area is 168 Å². The summed E-state index contributed by atoms with van der Waals surface area (Å²) in [5, 5.41) is 10.5. The number of esters is 1. The molecule has 0 aliphatic carbocycles. The average Bonchev–Trinajstić information content (AvgIpc) is 2.92. The van der Waals surface area contributed by atoms with Gasteiger partial charge in [0.2, 0.25) is 0 Å². The van der Waals surface area contributed by atoms with Crippen LogP contribution in [-0.4, -0.2) is 41.2 Å². The van der Waals surface area contributed by atoms with Crippen LogP contribution in [-0.2, 0) is 9.53 Å². The smallest absolute Gasteiger partial charge is 0.337 e. The van der Waals surface area contributed by atoms with Crippen LogP contribution in [0.25, 0.3) is 6.08 Å². The van der Waals surface area contributed by atoms with E-state index in [2.05, 4.69) is 25.7 Å². The molecule has 138 valence electrons. The Morgan fingerprint density at radius 2 is 1.96 bits per heavy atom. The quantitative estimate of drug-likeness (QED) is 0.565. The summed E-state index contributed by atoms with van der Waals surface area (Å²) < 4.78 is 5.47. The number of rotatable bonds is 3. The number of carbonyl (C=O) groups excluding carboxylic acids is 2. The number of phenolic OH excluding ortho intramolecular Hbond substituents is 1. The third kappa shape index (κ3) is 4.23.